The second-order valence-corrected chi connectivity index (χ2v) is 5.72. The van der Waals surface area contributed by atoms with Crippen LogP contribution in [-0.4, -0.2) is 15.1 Å². The Morgan fingerprint density at radius 1 is 1.38 bits per heavy atom. The number of H-pyrrole nitrogens is 1. The molecule has 7 heteroatoms. The lowest BCUT2D eigenvalue weighted by atomic mass is 10.1. The summed E-state index contributed by atoms with van der Waals surface area (Å²) in [5.41, 5.74) is 1.89. The van der Waals surface area contributed by atoms with E-state index in [-0.39, 0.29) is 22.9 Å². The van der Waals surface area contributed by atoms with Crippen LogP contribution in [0, 0.1) is 18.3 Å². The van der Waals surface area contributed by atoms with E-state index in [4.69, 9.17) is 16.9 Å². The number of aromatic hydroxyl groups is 1. The van der Waals surface area contributed by atoms with E-state index in [1.54, 1.807) is 31.2 Å². The highest BCUT2D eigenvalue weighted by molar-refractivity contribution is 6.32. The molecule has 0 unspecified atom stereocenters. The number of rotatable bonds is 3. The Morgan fingerprint density at radius 3 is 2.88 bits per heavy atom. The van der Waals surface area contributed by atoms with E-state index in [1.807, 2.05) is 0 Å². The van der Waals surface area contributed by atoms with Gasteiger partial charge in [-0.3, -0.25) is 4.79 Å². The Bertz CT molecular complexity index is 1040. The molecule has 1 aromatic carbocycles. The van der Waals surface area contributed by atoms with Gasteiger partial charge in [-0.05, 0) is 31.2 Å². The van der Waals surface area contributed by atoms with Crippen molar-refractivity contribution in [1.29, 1.82) is 5.26 Å². The third kappa shape index (κ3) is 3.03. The largest absolute Gasteiger partial charge is 0.506 e. The third-order valence-electron chi connectivity index (χ3n) is 3.65. The molecule has 0 aliphatic heterocycles. The molecule has 0 aliphatic rings. The van der Waals surface area contributed by atoms with Gasteiger partial charge in [0.15, 0.2) is 0 Å². The van der Waals surface area contributed by atoms with Crippen molar-refractivity contribution in [1.82, 2.24) is 9.97 Å². The fourth-order valence-corrected chi connectivity index (χ4v) is 2.53. The van der Waals surface area contributed by atoms with E-state index in [9.17, 15) is 9.90 Å². The van der Waals surface area contributed by atoms with Crippen LogP contribution in [0.2, 0.25) is 5.02 Å². The average Bonchev–Trinajstić information content (AvgIpc) is 2.55. The summed E-state index contributed by atoms with van der Waals surface area (Å²) in [7, 11) is 0. The van der Waals surface area contributed by atoms with Crippen LogP contribution in [-0.2, 0) is 6.54 Å². The van der Waals surface area contributed by atoms with E-state index < -0.39 is 0 Å². The maximum absolute atomic E-state index is 12.1. The van der Waals surface area contributed by atoms with Gasteiger partial charge in [-0.1, -0.05) is 11.6 Å². The van der Waals surface area contributed by atoms with Crippen LogP contribution >= 0.6 is 11.6 Å². The molecule has 0 fully saturated rings. The van der Waals surface area contributed by atoms with Gasteiger partial charge in [0, 0.05) is 23.6 Å². The monoisotopic (exact) mass is 340 g/mol. The molecule has 0 bridgehead atoms. The first kappa shape index (κ1) is 15.8. The molecular formula is C17H13ClN4O2. The van der Waals surface area contributed by atoms with Gasteiger partial charge in [-0.15, -0.1) is 0 Å². The van der Waals surface area contributed by atoms with Gasteiger partial charge in [0.05, 0.1) is 21.8 Å². The summed E-state index contributed by atoms with van der Waals surface area (Å²) in [6.07, 6.45) is 0. The van der Waals surface area contributed by atoms with Crippen LogP contribution in [0.4, 0.5) is 5.82 Å². The second kappa shape index (κ2) is 6.22. The first-order chi connectivity index (χ1) is 11.5. The molecule has 0 radical (unpaired) electrons. The van der Waals surface area contributed by atoms with Crippen molar-refractivity contribution in [2.45, 2.75) is 13.5 Å². The molecule has 0 amide bonds. The molecule has 120 valence electrons. The summed E-state index contributed by atoms with van der Waals surface area (Å²) in [5.74, 6) is 0.498. The standard InChI is InChI=1S/C17H13ClN4O2/c1-9-10(7-19)2-3-16(21-9)20-8-12-4-11-5-13(18)15(23)6-14(11)22-17(12)24/h2-6,23H,8H2,1H3,(H,20,21)(H,22,24). The molecule has 6 nitrogen and oxygen atoms in total. The minimum Gasteiger partial charge on any atom is -0.506 e. The summed E-state index contributed by atoms with van der Waals surface area (Å²) >= 11 is 5.90. The van der Waals surface area contributed by atoms with Gasteiger partial charge in [-0.25, -0.2) is 4.98 Å². The van der Waals surface area contributed by atoms with Crippen molar-refractivity contribution in [3.8, 4) is 11.8 Å². The number of hydrogen-bond donors (Lipinski definition) is 3. The smallest absolute Gasteiger partial charge is 0.253 e. The van der Waals surface area contributed by atoms with Crippen LogP contribution in [0.15, 0.2) is 35.1 Å². The zero-order valence-corrected chi connectivity index (χ0v) is 13.5. The second-order valence-electron chi connectivity index (χ2n) is 5.31. The topological polar surface area (TPSA) is 102 Å². The number of phenols is 1. The van der Waals surface area contributed by atoms with E-state index in [0.29, 0.717) is 28.2 Å². The van der Waals surface area contributed by atoms with Crippen LogP contribution in [0.25, 0.3) is 10.9 Å². The number of nitriles is 1. The van der Waals surface area contributed by atoms with Crippen molar-refractivity contribution in [2.24, 2.45) is 0 Å². The molecule has 2 heterocycles. The number of halogens is 1. The number of aromatic nitrogens is 2. The minimum atomic E-state index is -0.262. The predicted molar refractivity (Wildman–Crippen MR) is 92.3 cm³/mol. The number of pyridine rings is 2. The van der Waals surface area contributed by atoms with Crippen LogP contribution in [0.3, 0.4) is 0 Å². The highest BCUT2D eigenvalue weighted by atomic mass is 35.5. The molecular weight excluding hydrogens is 328 g/mol. The number of aromatic amines is 1. The Morgan fingerprint density at radius 2 is 2.17 bits per heavy atom. The summed E-state index contributed by atoms with van der Waals surface area (Å²) in [5, 5.41) is 22.5. The number of hydrogen-bond acceptors (Lipinski definition) is 5. The minimum absolute atomic E-state index is 0.0806. The van der Waals surface area contributed by atoms with Gasteiger partial charge in [-0.2, -0.15) is 5.26 Å². The number of benzene rings is 1. The van der Waals surface area contributed by atoms with Gasteiger partial charge < -0.3 is 15.4 Å². The Kier molecular flexibility index (Phi) is 4.11. The maximum atomic E-state index is 12.1. The van der Waals surface area contributed by atoms with Crippen LogP contribution in [0.1, 0.15) is 16.8 Å². The highest BCUT2D eigenvalue weighted by Gasteiger charge is 2.07. The Balaban J connectivity index is 1.89. The molecule has 0 saturated heterocycles. The predicted octanol–water partition coefficient (Wildman–Crippen LogP) is 3.07. The lowest BCUT2D eigenvalue weighted by Gasteiger charge is -2.08. The third-order valence-corrected chi connectivity index (χ3v) is 3.96. The summed E-state index contributed by atoms with van der Waals surface area (Å²) in [6, 6.07) is 10.1. The summed E-state index contributed by atoms with van der Waals surface area (Å²) in [6.45, 7) is 2.02. The lowest BCUT2D eigenvalue weighted by Crippen LogP contribution is -2.16. The summed E-state index contributed by atoms with van der Waals surface area (Å²) in [4.78, 5) is 19.1. The number of aryl methyl sites for hydroxylation is 1. The molecule has 3 rings (SSSR count). The Hall–Kier alpha value is -3.04. The van der Waals surface area contributed by atoms with Crippen molar-refractivity contribution in [3.05, 3.63) is 62.5 Å². The quantitative estimate of drug-likeness (QED) is 0.680. The molecule has 0 saturated carbocycles. The first-order valence-corrected chi connectivity index (χ1v) is 7.52. The average molecular weight is 341 g/mol. The molecule has 3 N–H and O–H groups in total. The SMILES string of the molecule is Cc1nc(NCc2cc3cc(Cl)c(O)cc3[nH]c2=O)ccc1C#N. The van der Waals surface area contributed by atoms with Crippen molar-refractivity contribution < 1.29 is 5.11 Å². The lowest BCUT2D eigenvalue weighted by molar-refractivity contribution is 0.476. The number of nitrogens with zero attached hydrogens (tertiary/aromatic N) is 2. The summed E-state index contributed by atoms with van der Waals surface area (Å²) < 4.78 is 0. The highest BCUT2D eigenvalue weighted by Crippen LogP contribution is 2.27. The normalized spacial score (nSPS) is 10.5. The van der Waals surface area contributed by atoms with Gasteiger partial charge in [0.1, 0.15) is 17.6 Å². The first-order valence-electron chi connectivity index (χ1n) is 7.14. The fraction of sp³-hybridized carbons (Fsp3) is 0.118. The van der Waals surface area contributed by atoms with Crippen molar-refractivity contribution >= 4 is 28.3 Å². The zero-order valence-electron chi connectivity index (χ0n) is 12.7. The maximum Gasteiger partial charge on any atom is 0.253 e. The van der Waals surface area contributed by atoms with Crippen LogP contribution < -0.4 is 10.9 Å². The molecule has 0 atom stereocenters. The number of phenolic OH excluding ortho intramolecular Hbond substituents is 1. The van der Waals surface area contributed by atoms with Crippen LogP contribution in [0.5, 0.6) is 5.75 Å². The molecule has 24 heavy (non-hydrogen) atoms. The zero-order chi connectivity index (χ0) is 17.3. The van der Waals surface area contributed by atoms with Gasteiger partial charge >= 0.3 is 0 Å². The van der Waals surface area contributed by atoms with E-state index in [0.717, 1.165) is 5.39 Å². The fourth-order valence-electron chi connectivity index (χ4n) is 2.36. The van der Waals surface area contributed by atoms with E-state index >= 15 is 0 Å². The number of nitrogens with one attached hydrogen (secondary N) is 2. The molecule has 2 aromatic heterocycles. The van der Waals surface area contributed by atoms with Crippen molar-refractivity contribution in [2.75, 3.05) is 5.32 Å². The van der Waals surface area contributed by atoms with Crippen molar-refractivity contribution in [3.63, 3.8) is 0 Å². The molecule has 3 aromatic rings. The molecule has 0 aliphatic carbocycles. The molecule has 0 spiro atoms. The van der Waals surface area contributed by atoms with E-state index in [1.165, 1.54) is 6.07 Å². The number of fused-ring (bicyclic) bond motifs is 1. The van der Waals surface area contributed by atoms with Gasteiger partial charge in [0.2, 0.25) is 0 Å². The number of anilines is 1. The van der Waals surface area contributed by atoms with E-state index in [2.05, 4.69) is 21.4 Å². The Labute approximate surface area is 142 Å². The van der Waals surface area contributed by atoms with Gasteiger partial charge in [0.25, 0.3) is 5.56 Å².